The van der Waals surface area contributed by atoms with Crippen LogP contribution in [0.4, 0.5) is 0 Å². The fourth-order valence-electron chi connectivity index (χ4n) is 1.80. The zero-order chi connectivity index (χ0) is 16.8. The molecule has 1 aromatic heterocycles. The molecule has 2 heterocycles. The number of carbonyl (C=O) groups excluding carboxylic acids is 1. The quantitative estimate of drug-likeness (QED) is 0.629. The maximum absolute atomic E-state index is 11.7. The van der Waals surface area contributed by atoms with Crippen LogP contribution < -0.4 is 5.66 Å². The number of oxazole rings is 1. The SMILES string of the molecule is CC(C)(C)C(=O)OCc1ncc(B2OC(C)(C)C(C)(C)O2)o1. The van der Waals surface area contributed by atoms with Crippen molar-refractivity contribution in [2.75, 3.05) is 0 Å². The summed E-state index contributed by atoms with van der Waals surface area (Å²) in [6, 6.07) is 0. The normalized spacial score (nSPS) is 20.2. The van der Waals surface area contributed by atoms with Gasteiger partial charge in [-0.15, -0.1) is 0 Å². The summed E-state index contributed by atoms with van der Waals surface area (Å²) in [6.45, 7) is 13.2. The minimum Gasteiger partial charge on any atom is -0.455 e. The van der Waals surface area contributed by atoms with Gasteiger partial charge in [0, 0.05) is 0 Å². The molecule has 1 fully saturated rings. The van der Waals surface area contributed by atoms with E-state index in [0.717, 1.165) is 0 Å². The van der Waals surface area contributed by atoms with Gasteiger partial charge in [0.1, 0.15) is 0 Å². The summed E-state index contributed by atoms with van der Waals surface area (Å²) in [6.07, 6.45) is 1.54. The summed E-state index contributed by atoms with van der Waals surface area (Å²) in [5, 5.41) is 0. The smallest absolute Gasteiger partial charge is 0.455 e. The van der Waals surface area contributed by atoms with Gasteiger partial charge >= 0.3 is 13.1 Å². The first-order valence-electron chi connectivity index (χ1n) is 7.40. The number of esters is 1. The second kappa shape index (κ2) is 5.39. The highest BCUT2D eigenvalue weighted by molar-refractivity contribution is 6.60. The molecule has 0 atom stereocenters. The van der Waals surface area contributed by atoms with Gasteiger partial charge in [-0.2, -0.15) is 0 Å². The molecule has 0 unspecified atom stereocenters. The highest BCUT2D eigenvalue weighted by atomic mass is 16.7. The summed E-state index contributed by atoms with van der Waals surface area (Å²) in [7, 11) is -0.607. The second-order valence-electron chi connectivity index (χ2n) is 7.57. The molecule has 0 amide bonds. The number of nitrogens with zero attached hydrogens (tertiary/aromatic N) is 1. The molecule has 0 bridgehead atoms. The van der Waals surface area contributed by atoms with Crippen molar-refractivity contribution in [1.82, 2.24) is 4.98 Å². The van der Waals surface area contributed by atoms with Crippen LogP contribution >= 0.6 is 0 Å². The third-order valence-corrected chi connectivity index (χ3v) is 4.00. The van der Waals surface area contributed by atoms with Crippen LogP contribution in [0.25, 0.3) is 0 Å². The fourth-order valence-corrected chi connectivity index (χ4v) is 1.80. The maximum Gasteiger partial charge on any atom is 0.534 e. The molecular formula is C15H24BNO5. The van der Waals surface area contributed by atoms with Crippen LogP contribution in [0.1, 0.15) is 54.4 Å². The average molecular weight is 309 g/mol. The topological polar surface area (TPSA) is 70.8 Å². The number of aromatic nitrogens is 1. The molecule has 122 valence electrons. The van der Waals surface area contributed by atoms with Gasteiger partial charge in [0.2, 0.25) is 5.89 Å². The predicted octanol–water partition coefficient (Wildman–Crippen LogP) is 2.06. The zero-order valence-corrected chi connectivity index (χ0v) is 14.4. The molecule has 1 aliphatic heterocycles. The van der Waals surface area contributed by atoms with E-state index in [-0.39, 0.29) is 12.6 Å². The summed E-state index contributed by atoms with van der Waals surface area (Å²) in [4.78, 5) is 15.8. The van der Waals surface area contributed by atoms with Crippen molar-refractivity contribution in [3.8, 4) is 0 Å². The molecule has 0 radical (unpaired) electrons. The van der Waals surface area contributed by atoms with E-state index in [2.05, 4.69) is 4.98 Å². The van der Waals surface area contributed by atoms with Crippen LogP contribution in [0.3, 0.4) is 0 Å². The lowest BCUT2D eigenvalue weighted by molar-refractivity contribution is -0.155. The second-order valence-corrected chi connectivity index (χ2v) is 7.57. The van der Waals surface area contributed by atoms with Crippen molar-refractivity contribution in [2.24, 2.45) is 5.41 Å². The van der Waals surface area contributed by atoms with Gasteiger partial charge in [-0.25, -0.2) is 4.98 Å². The van der Waals surface area contributed by atoms with Gasteiger partial charge in [-0.1, -0.05) is 0 Å². The Kier molecular flexibility index (Phi) is 4.17. The molecule has 2 rings (SSSR count). The molecule has 6 nitrogen and oxygen atoms in total. The number of ether oxygens (including phenoxy) is 1. The van der Waals surface area contributed by atoms with Gasteiger partial charge in [0.25, 0.3) is 0 Å². The van der Waals surface area contributed by atoms with Crippen molar-refractivity contribution >= 4 is 18.7 Å². The minimum absolute atomic E-state index is 0.00436. The Morgan fingerprint density at radius 3 is 2.27 bits per heavy atom. The molecule has 0 aromatic carbocycles. The Balaban J connectivity index is 2.00. The summed E-state index contributed by atoms with van der Waals surface area (Å²) < 4.78 is 22.5. The number of carbonyl (C=O) groups is 1. The third kappa shape index (κ3) is 3.36. The van der Waals surface area contributed by atoms with Crippen molar-refractivity contribution < 1.29 is 23.3 Å². The molecule has 22 heavy (non-hydrogen) atoms. The first kappa shape index (κ1) is 17.0. The average Bonchev–Trinajstić information content (AvgIpc) is 2.88. The van der Waals surface area contributed by atoms with Crippen molar-refractivity contribution in [1.29, 1.82) is 0 Å². The fraction of sp³-hybridized carbons (Fsp3) is 0.733. The lowest BCUT2D eigenvalue weighted by atomic mass is 9.87. The molecule has 0 N–H and O–H groups in total. The predicted molar refractivity (Wildman–Crippen MR) is 81.5 cm³/mol. The first-order chi connectivity index (χ1) is 9.92. The number of hydrogen-bond donors (Lipinski definition) is 0. The summed E-state index contributed by atoms with van der Waals surface area (Å²) >= 11 is 0. The van der Waals surface area contributed by atoms with Gasteiger partial charge < -0.3 is 18.5 Å². The van der Waals surface area contributed by atoms with E-state index in [1.54, 1.807) is 27.0 Å². The van der Waals surface area contributed by atoms with Crippen molar-refractivity contribution in [3.05, 3.63) is 12.1 Å². The van der Waals surface area contributed by atoms with Crippen LogP contribution in [0, 0.1) is 5.41 Å². The first-order valence-corrected chi connectivity index (χ1v) is 7.40. The van der Waals surface area contributed by atoms with Gasteiger partial charge in [0.15, 0.2) is 12.3 Å². The zero-order valence-electron chi connectivity index (χ0n) is 14.4. The Hall–Kier alpha value is -1.34. The number of rotatable bonds is 3. The largest absolute Gasteiger partial charge is 0.534 e. The molecule has 0 saturated carbocycles. The van der Waals surface area contributed by atoms with E-state index in [1.165, 1.54) is 0 Å². The van der Waals surface area contributed by atoms with Crippen LogP contribution in [-0.2, 0) is 25.4 Å². The van der Waals surface area contributed by atoms with E-state index >= 15 is 0 Å². The van der Waals surface area contributed by atoms with Crippen LogP contribution in [0.2, 0.25) is 0 Å². The summed E-state index contributed by atoms with van der Waals surface area (Å²) in [5.74, 6) is 0.0187. The van der Waals surface area contributed by atoms with E-state index in [9.17, 15) is 4.79 Å². The summed E-state index contributed by atoms with van der Waals surface area (Å²) in [5.41, 5.74) is -0.964. The Morgan fingerprint density at radius 2 is 1.77 bits per heavy atom. The monoisotopic (exact) mass is 309 g/mol. The molecule has 7 heteroatoms. The lowest BCUT2D eigenvalue weighted by Gasteiger charge is -2.32. The third-order valence-electron chi connectivity index (χ3n) is 4.00. The Bertz CT molecular complexity index is 543. The number of hydrogen-bond acceptors (Lipinski definition) is 6. The molecule has 1 saturated heterocycles. The maximum atomic E-state index is 11.7. The van der Waals surface area contributed by atoms with Crippen molar-refractivity contribution in [2.45, 2.75) is 66.3 Å². The highest BCUT2D eigenvalue weighted by Gasteiger charge is 2.53. The van der Waals surface area contributed by atoms with E-state index < -0.39 is 23.7 Å². The standard InChI is InChI=1S/C15H24BNO5/c1-13(2,3)12(18)19-9-11-17-8-10(20-11)16-21-14(4,5)15(6,7)22-16/h8H,9H2,1-7H3. The van der Waals surface area contributed by atoms with Gasteiger partial charge in [-0.3, -0.25) is 4.79 Å². The molecule has 1 aliphatic rings. The van der Waals surface area contributed by atoms with Gasteiger partial charge in [-0.05, 0) is 48.5 Å². The van der Waals surface area contributed by atoms with E-state index in [4.69, 9.17) is 18.5 Å². The van der Waals surface area contributed by atoms with Crippen LogP contribution in [-0.4, -0.2) is 29.3 Å². The Morgan fingerprint density at radius 1 is 1.23 bits per heavy atom. The van der Waals surface area contributed by atoms with Crippen molar-refractivity contribution in [3.63, 3.8) is 0 Å². The lowest BCUT2D eigenvalue weighted by Crippen LogP contribution is -2.41. The molecular weight excluding hydrogens is 285 g/mol. The highest BCUT2D eigenvalue weighted by Crippen LogP contribution is 2.36. The molecule has 0 aliphatic carbocycles. The van der Waals surface area contributed by atoms with E-state index in [0.29, 0.717) is 11.6 Å². The van der Waals surface area contributed by atoms with Crippen LogP contribution in [0.5, 0.6) is 0 Å². The molecule has 0 spiro atoms. The van der Waals surface area contributed by atoms with E-state index in [1.807, 2.05) is 27.7 Å². The van der Waals surface area contributed by atoms with Crippen LogP contribution in [0.15, 0.2) is 10.6 Å². The Labute approximate surface area is 131 Å². The minimum atomic E-state index is -0.607. The molecule has 1 aromatic rings. The van der Waals surface area contributed by atoms with Gasteiger partial charge in [0.05, 0.1) is 22.8 Å².